The molecule has 6 aromatic carbocycles. The normalized spacial score (nSPS) is 16.3. The minimum atomic E-state index is 0.404. The Bertz CT molecular complexity index is 3220. The summed E-state index contributed by atoms with van der Waals surface area (Å²) in [7, 11) is 0. The van der Waals surface area contributed by atoms with Gasteiger partial charge in [-0.1, -0.05) is 122 Å². The van der Waals surface area contributed by atoms with Gasteiger partial charge in [-0.15, -0.1) is 11.3 Å². The van der Waals surface area contributed by atoms with E-state index in [9.17, 15) is 0 Å². The molecule has 1 unspecified atom stereocenters. The van der Waals surface area contributed by atoms with Crippen molar-refractivity contribution in [1.82, 2.24) is 0 Å². The van der Waals surface area contributed by atoms with Gasteiger partial charge in [0.2, 0.25) is 0 Å². The number of furan rings is 1. The third kappa shape index (κ3) is 4.70. The Hall–Kier alpha value is -6.22. The molecule has 3 aliphatic rings. The SMILES string of the molecule is C=Cc1c(C=C)c(-c2cccc(-c3ccc4sc5ccc6cc7c(cc6c5c4c3)oc3ccccc37)c2)c2c(c1C1=CC=C3C=CC=CC3C1)=CCCC=2. The maximum Gasteiger partial charge on any atom is 0.136 e. The third-order valence-electron chi connectivity index (χ3n) is 11.8. The third-order valence-corrected chi connectivity index (χ3v) is 12.9. The van der Waals surface area contributed by atoms with Crippen molar-refractivity contribution in [3.05, 3.63) is 173 Å². The maximum atomic E-state index is 6.36. The molecular formula is C52H36OS. The number of allylic oxidation sites excluding steroid dienone is 8. The average molecular weight is 709 g/mol. The molecule has 8 aromatic rings. The van der Waals surface area contributed by atoms with E-state index >= 15 is 0 Å². The zero-order valence-corrected chi connectivity index (χ0v) is 30.7. The second-order valence-corrected chi connectivity index (χ2v) is 15.8. The zero-order valence-electron chi connectivity index (χ0n) is 29.9. The summed E-state index contributed by atoms with van der Waals surface area (Å²) < 4.78 is 8.94. The number of hydrogen-bond acceptors (Lipinski definition) is 2. The number of fused-ring (bicyclic) bond motifs is 10. The highest BCUT2D eigenvalue weighted by Crippen LogP contribution is 2.43. The molecule has 0 aliphatic heterocycles. The van der Waals surface area contributed by atoms with Crippen LogP contribution in [0.25, 0.3) is 105 Å². The van der Waals surface area contributed by atoms with E-state index in [0.717, 1.165) is 41.4 Å². The van der Waals surface area contributed by atoms with Crippen LogP contribution < -0.4 is 10.4 Å². The smallest absolute Gasteiger partial charge is 0.136 e. The van der Waals surface area contributed by atoms with E-state index in [4.69, 9.17) is 4.42 Å². The van der Waals surface area contributed by atoms with Crippen LogP contribution in [0.4, 0.5) is 0 Å². The average Bonchev–Trinajstić information content (AvgIpc) is 3.79. The molecular weight excluding hydrogens is 673 g/mol. The van der Waals surface area contributed by atoms with Gasteiger partial charge in [0.15, 0.2) is 0 Å². The van der Waals surface area contributed by atoms with Crippen LogP contribution in [-0.2, 0) is 0 Å². The fourth-order valence-corrected chi connectivity index (χ4v) is 10.4. The quantitative estimate of drug-likeness (QED) is 0.173. The number of hydrogen-bond donors (Lipinski definition) is 0. The van der Waals surface area contributed by atoms with Crippen LogP contribution in [0, 0.1) is 5.92 Å². The number of para-hydroxylation sites is 1. The first-order valence-electron chi connectivity index (χ1n) is 18.9. The lowest BCUT2D eigenvalue weighted by atomic mass is 9.77. The molecule has 3 aliphatic carbocycles. The van der Waals surface area contributed by atoms with E-state index in [0.29, 0.717) is 5.92 Å². The van der Waals surface area contributed by atoms with Gasteiger partial charge in [-0.2, -0.15) is 0 Å². The van der Waals surface area contributed by atoms with Gasteiger partial charge in [0, 0.05) is 36.9 Å². The minimum Gasteiger partial charge on any atom is -0.456 e. The standard InChI is InChI=1S/C52H36OS/c1-3-38-39(4-2)51(37-21-20-31-12-5-6-13-32(31)26-37)42-18-8-7-17-41(42)50(38)36-15-11-14-33(27-36)34-22-24-48-45(28-34)52-43-30-47-44(29-35(43)23-25-49(52)54-48)40-16-9-10-19-46(40)53-47/h3-6,9-25,27-30,32H,1-2,7-8,26H2. The Morgan fingerprint density at radius 1 is 0.630 bits per heavy atom. The highest BCUT2D eigenvalue weighted by Gasteiger charge is 2.24. The predicted octanol–water partition coefficient (Wildman–Crippen LogP) is 13.5. The zero-order chi connectivity index (χ0) is 35.9. The Morgan fingerprint density at radius 2 is 1.43 bits per heavy atom. The Morgan fingerprint density at radius 3 is 2.31 bits per heavy atom. The van der Waals surface area contributed by atoms with Crippen molar-refractivity contribution in [2.75, 3.05) is 0 Å². The van der Waals surface area contributed by atoms with Crippen LogP contribution in [0.2, 0.25) is 0 Å². The maximum absolute atomic E-state index is 6.36. The molecule has 0 spiro atoms. The van der Waals surface area contributed by atoms with E-state index in [1.807, 2.05) is 23.5 Å². The molecule has 0 radical (unpaired) electrons. The Balaban J connectivity index is 1.08. The summed E-state index contributed by atoms with van der Waals surface area (Å²) in [5.41, 5.74) is 13.1. The van der Waals surface area contributed by atoms with Gasteiger partial charge in [-0.3, -0.25) is 0 Å². The van der Waals surface area contributed by atoms with Crippen molar-refractivity contribution in [3.8, 4) is 22.3 Å². The minimum absolute atomic E-state index is 0.404. The van der Waals surface area contributed by atoms with Crippen molar-refractivity contribution in [2.45, 2.75) is 19.3 Å². The summed E-state index contributed by atoms with van der Waals surface area (Å²) >= 11 is 1.86. The van der Waals surface area contributed by atoms with Gasteiger partial charge in [0.25, 0.3) is 0 Å². The molecule has 2 heterocycles. The van der Waals surface area contributed by atoms with Crippen LogP contribution in [0.15, 0.2) is 151 Å². The number of benzene rings is 6. The molecule has 0 N–H and O–H groups in total. The van der Waals surface area contributed by atoms with Crippen molar-refractivity contribution in [3.63, 3.8) is 0 Å². The molecule has 2 aromatic heterocycles. The first kappa shape index (κ1) is 31.3. The highest BCUT2D eigenvalue weighted by atomic mass is 32.1. The summed E-state index contributed by atoms with van der Waals surface area (Å²) in [4.78, 5) is 0. The Kier molecular flexibility index (Phi) is 7.05. The molecule has 1 atom stereocenters. The van der Waals surface area contributed by atoms with E-state index in [1.54, 1.807) is 0 Å². The second-order valence-electron chi connectivity index (χ2n) is 14.7. The van der Waals surface area contributed by atoms with Crippen LogP contribution in [0.5, 0.6) is 0 Å². The van der Waals surface area contributed by atoms with Crippen molar-refractivity contribution >= 4 is 94.1 Å². The number of thiophene rings is 1. The molecule has 0 saturated heterocycles. The number of rotatable bonds is 5. The van der Waals surface area contributed by atoms with E-state index < -0.39 is 0 Å². The molecule has 1 nitrogen and oxygen atoms in total. The predicted molar refractivity (Wildman–Crippen MR) is 235 cm³/mol. The van der Waals surface area contributed by atoms with Gasteiger partial charge < -0.3 is 4.42 Å². The van der Waals surface area contributed by atoms with Gasteiger partial charge >= 0.3 is 0 Å². The summed E-state index contributed by atoms with van der Waals surface area (Å²) in [6.45, 7) is 8.77. The van der Waals surface area contributed by atoms with E-state index in [-0.39, 0.29) is 0 Å². The fraction of sp³-hybridized carbons (Fsp3) is 0.0769. The van der Waals surface area contributed by atoms with Crippen molar-refractivity contribution in [2.24, 2.45) is 5.92 Å². The first-order valence-corrected chi connectivity index (χ1v) is 19.7. The lowest BCUT2D eigenvalue weighted by Crippen LogP contribution is -2.34. The second kappa shape index (κ2) is 12.2. The lowest BCUT2D eigenvalue weighted by molar-refractivity contribution is 0.669. The molecule has 0 saturated carbocycles. The first-order chi connectivity index (χ1) is 26.7. The largest absolute Gasteiger partial charge is 0.456 e. The van der Waals surface area contributed by atoms with Crippen LogP contribution >= 0.6 is 11.3 Å². The molecule has 54 heavy (non-hydrogen) atoms. The molecule has 256 valence electrons. The molecule has 0 amide bonds. The summed E-state index contributed by atoms with van der Waals surface area (Å²) in [6.07, 6.45) is 25.6. The highest BCUT2D eigenvalue weighted by molar-refractivity contribution is 7.26. The van der Waals surface area contributed by atoms with Gasteiger partial charge in [0.05, 0.1) is 0 Å². The van der Waals surface area contributed by atoms with Crippen LogP contribution in [-0.4, -0.2) is 0 Å². The lowest BCUT2D eigenvalue weighted by Gasteiger charge is -2.26. The molecule has 11 rings (SSSR count). The van der Waals surface area contributed by atoms with Gasteiger partial charge in [-0.25, -0.2) is 0 Å². The topological polar surface area (TPSA) is 13.1 Å². The van der Waals surface area contributed by atoms with Crippen LogP contribution in [0.1, 0.15) is 36.0 Å². The Labute approximate surface area is 317 Å². The summed E-state index contributed by atoms with van der Waals surface area (Å²) in [5, 5.41) is 10.0. The van der Waals surface area contributed by atoms with Crippen molar-refractivity contribution in [1.29, 1.82) is 0 Å². The van der Waals surface area contributed by atoms with Gasteiger partial charge in [0.1, 0.15) is 11.2 Å². The van der Waals surface area contributed by atoms with Crippen molar-refractivity contribution < 1.29 is 4.42 Å². The molecule has 0 bridgehead atoms. The summed E-state index contributed by atoms with van der Waals surface area (Å²) in [6, 6.07) is 33.5. The van der Waals surface area contributed by atoms with E-state index in [2.05, 4.69) is 153 Å². The van der Waals surface area contributed by atoms with Crippen LogP contribution in [0.3, 0.4) is 0 Å². The molecule has 2 heteroatoms. The summed E-state index contributed by atoms with van der Waals surface area (Å²) in [5.74, 6) is 0.404. The van der Waals surface area contributed by atoms with Gasteiger partial charge in [-0.05, 0) is 133 Å². The van der Waals surface area contributed by atoms with E-state index in [1.165, 1.54) is 91.3 Å². The fourth-order valence-electron chi connectivity index (χ4n) is 9.29. The molecule has 0 fully saturated rings. The monoisotopic (exact) mass is 708 g/mol.